The van der Waals surface area contributed by atoms with Gasteiger partial charge in [0.15, 0.2) is 0 Å². The van der Waals surface area contributed by atoms with Gasteiger partial charge in [0.1, 0.15) is 0 Å². The van der Waals surface area contributed by atoms with Gasteiger partial charge in [0.2, 0.25) is 0 Å². The first-order valence-corrected chi connectivity index (χ1v) is 11.6. The zero-order valence-electron chi connectivity index (χ0n) is 18.0. The Hall–Kier alpha value is -3.09. The largest absolute Gasteiger partial charge is 0.371 e. The predicted molar refractivity (Wildman–Crippen MR) is 132 cm³/mol. The number of halogens is 2. The zero-order valence-corrected chi connectivity index (χ0v) is 19.5. The molecule has 4 rings (SSSR count). The second kappa shape index (κ2) is 10.7. The van der Waals surface area contributed by atoms with E-state index in [-0.39, 0.29) is 16.8 Å². The van der Waals surface area contributed by atoms with Crippen molar-refractivity contribution in [2.24, 2.45) is 0 Å². The van der Waals surface area contributed by atoms with Crippen LogP contribution >= 0.6 is 23.2 Å². The molecule has 0 spiro atoms. The van der Waals surface area contributed by atoms with Gasteiger partial charge in [-0.1, -0.05) is 29.3 Å². The van der Waals surface area contributed by atoms with E-state index >= 15 is 0 Å². The Bertz CT molecular complexity index is 1150. The molecule has 1 aromatic heterocycles. The molecule has 2 N–H and O–H groups in total. The van der Waals surface area contributed by atoms with Crippen molar-refractivity contribution in [3.05, 3.63) is 87.7 Å². The number of nitrogens with one attached hydrogen (secondary N) is 2. The van der Waals surface area contributed by atoms with Gasteiger partial charge >= 0.3 is 0 Å². The first-order valence-electron chi connectivity index (χ1n) is 10.8. The molecule has 0 saturated carbocycles. The van der Waals surface area contributed by atoms with E-state index in [9.17, 15) is 9.59 Å². The van der Waals surface area contributed by atoms with Crippen LogP contribution in [0.3, 0.4) is 0 Å². The van der Waals surface area contributed by atoms with E-state index in [0.717, 1.165) is 37.2 Å². The number of carbonyl (C=O) groups is 2. The van der Waals surface area contributed by atoms with Gasteiger partial charge in [0.25, 0.3) is 11.8 Å². The zero-order chi connectivity index (χ0) is 23.2. The third-order valence-electron chi connectivity index (χ3n) is 5.55. The van der Waals surface area contributed by atoms with Crippen molar-refractivity contribution < 1.29 is 9.59 Å². The second-order valence-corrected chi connectivity index (χ2v) is 8.75. The van der Waals surface area contributed by atoms with Gasteiger partial charge in [-0.25, -0.2) is 0 Å². The summed E-state index contributed by atoms with van der Waals surface area (Å²) in [5.41, 5.74) is 3.11. The minimum atomic E-state index is -0.371. The van der Waals surface area contributed by atoms with Crippen LogP contribution in [0, 0.1) is 0 Å². The number of piperidine rings is 1. The number of carbonyl (C=O) groups excluding carboxylic acids is 2. The van der Waals surface area contributed by atoms with Crippen molar-refractivity contribution in [3.63, 3.8) is 0 Å². The van der Waals surface area contributed by atoms with Crippen molar-refractivity contribution in [2.75, 3.05) is 23.3 Å². The number of anilines is 2. The van der Waals surface area contributed by atoms with Gasteiger partial charge in [-0.15, -0.1) is 0 Å². The number of rotatable bonds is 6. The van der Waals surface area contributed by atoms with E-state index in [4.69, 9.17) is 23.2 Å². The molecule has 1 saturated heterocycles. The van der Waals surface area contributed by atoms with Gasteiger partial charge in [-0.2, -0.15) is 0 Å². The summed E-state index contributed by atoms with van der Waals surface area (Å²) in [6, 6.07) is 13.9. The van der Waals surface area contributed by atoms with Crippen molar-refractivity contribution in [3.8, 4) is 0 Å². The molecule has 0 radical (unpaired) electrons. The number of hydrogen-bond acceptors (Lipinski definition) is 4. The summed E-state index contributed by atoms with van der Waals surface area (Å²) in [7, 11) is 0. The lowest BCUT2D eigenvalue weighted by molar-refractivity contribution is 0.0950. The van der Waals surface area contributed by atoms with E-state index in [1.807, 2.05) is 24.3 Å². The van der Waals surface area contributed by atoms with Gasteiger partial charge in [-0.05, 0) is 67.3 Å². The van der Waals surface area contributed by atoms with Gasteiger partial charge in [0.05, 0.1) is 16.1 Å². The lowest BCUT2D eigenvalue weighted by atomic mass is 10.1. The number of aromatic nitrogens is 1. The summed E-state index contributed by atoms with van der Waals surface area (Å²) in [5.74, 6) is -0.579. The molecule has 0 aliphatic carbocycles. The number of hydrogen-bond donors (Lipinski definition) is 2. The average molecular weight is 483 g/mol. The highest BCUT2D eigenvalue weighted by atomic mass is 35.5. The Labute approximate surface area is 202 Å². The van der Waals surface area contributed by atoms with Crippen molar-refractivity contribution in [1.29, 1.82) is 0 Å². The van der Waals surface area contributed by atoms with E-state index in [1.165, 1.54) is 12.5 Å². The van der Waals surface area contributed by atoms with E-state index < -0.39 is 0 Å². The Kier molecular flexibility index (Phi) is 7.47. The molecular formula is C25H24Cl2N4O2. The third-order valence-corrected chi connectivity index (χ3v) is 6.10. The molecule has 0 bridgehead atoms. The summed E-state index contributed by atoms with van der Waals surface area (Å²) >= 11 is 12.1. The fourth-order valence-corrected chi connectivity index (χ4v) is 4.35. The lowest BCUT2D eigenvalue weighted by Gasteiger charge is -2.30. The van der Waals surface area contributed by atoms with Crippen LogP contribution < -0.4 is 15.5 Å². The molecule has 2 heterocycles. The summed E-state index contributed by atoms with van der Waals surface area (Å²) in [5, 5.41) is 6.53. The average Bonchev–Trinajstić information content (AvgIpc) is 2.83. The van der Waals surface area contributed by atoms with Crippen LogP contribution in [0.4, 0.5) is 11.4 Å². The van der Waals surface area contributed by atoms with Crippen molar-refractivity contribution in [1.82, 2.24) is 10.3 Å². The molecule has 1 fully saturated rings. The first kappa shape index (κ1) is 23.1. The van der Waals surface area contributed by atoms with Crippen LogP contribution in [0.15, 0.2) is 60.9 Å². The first-order chi connectivity index (χ1) is 16.0. The van der Waals surface area contributed by atoms with Crippen LogP contribution in [0.2, 0.25) is 10.0 Å². The number of benzene rings is 2. The molecule has 8 heteroatoms. The fraction of sp³-hybridized carbons (Fsp3) is 0.240. The van der Waals surface area contributed by atoms with Crippen LogP contribution in [-0.2, 0) is 6.54 Å². The minimum absolute atomic E-state index is 0.208. The lowest BCUT2D eigenvalue weighted by Crippen LogP contribution is -2.32. The van der Waals surface area contributed by atoms with Crippen LogP contribution in [-0.4, -0.2) is 29.9 Å². The molecule has 33 heavy (non-hydrogen) atoms. The van der Waals surface area contributed by atoms with Gasteiger partial charge < -0.3 is 15.5 Å². The maximum Gasteiger partial charge on any atom is 0.257 e. The molecule has 1 aliphatic rings. The normalized spacial score (nSPS) is 13.5. The SMILES string of the molecule is O=C(Nc1ccc(N2CCCCC2)c(C(=O)NCc2cccnc2)c1)c1ccc(Cl)cc1Cl. The van der Waals surface area contributed by atoms with Crippen molar-refractivity contribution in [2.45, 2.75) is 25.8 Å². The maximum absolute atomic E-state index is 13.2. The third kappa shape index (κ3) is 5.83. The Morgan fingerprint density at radius 1 is 0.939 bits per heavy atom. The molecule has 1 aliphatic heterocycles. The molecule has 0 atom stereocenters. The van der Waals surface area contributed by atoms with Crippen LogP contribution in [0.1, 0.15) is 45.5 Å². The predicted octanol–water partition coefficient (Wildman–Crippen LogP) is 5.56. The maximum atomic E-state index is 13.2. The highest BCUT2D eigenvalue weighted by molar-refractivity contribution is 6.37. The summed E-state index contributed by atoms with van der Waals surface area (Å²) < 4.78 is 0. The second-order valence-electron chi connectivity index (χ2n) is 7.90. The number of amides is 2. The summed E-state index contributed by atoms with van der Waals surface area (Å²) in [6.07, 6.45) is 6.78. The fourth-order valence-electron chi connectivity index (χ4n) is 3.86. The Morgan fingerprint density at radius 2 is 1.76 bits per heavy atom. The van der Waals surface area contributed by atoms with E-state index in [0.29, 0.717) is 28.4 Å². The highest BCUT2D eigenvalue weighted by Crippen LogP contribution is 2.28. The molecule has 3 aromatic rings. The van der Waals surface area contributed by atoms with Crippen LogP contribution in [0.25, 0.3) is 0 Å². The summed E-state index contributed by atoms with van der Waals surface area (Å²) in [6.45, 7) is 2.16. The molecule has 2 amide bonds. The monoisotopic (exact) mass is 482 g/mol. The van der Waals surface area contributed by atoms with E-state index in [1.54, 1.807) is 30.6 Å². The molecule has 6 nitrogen and oxygen atoms in total. The molecule has 0 unspecified atom stereocenters. The Balaban J connectivity index is 1.58. The minimum Gasteiger partial charge on any atom is -0.371 e. The molecular weight excluding hydrogens is 459 g/mol. The molecule has 2 aromatic carbocycles. The summed E-state index contributed by atoms with van der Waals surface area (Å²) in [4.78, 5) is 32.3. The van der Waals surface area contributed by atoms with E-state index in [2.05, 4.69) is 20.5 Å². The smallest absolute Gasteiger partial charge is 0.257 e. The van der Waals surface area contributed by atoms with Gasteiger partial charge in [0, 0.05) is 48.4 Å². The number of nitrogens with zero attached hydrogens (tertiary/aromatic N) is 2. The van der Waals surface area contributed by atoms with Crippen LogP contribution in [0.5, 0.6) is 0 Å². The van der Waals surface area contributed by atoms with Gasteiger partial charge in [-0.3, -0.25) is 14.6 Å². The number of pyridine rings is 1. The highest BCUT2D eigenvalue weighted by Gasteiger charge is 2.20. The van der Waals surface area contributed by atoms with Crippen molar-refractivity contribution >= 4 is 46.4 Å². The topological polar surface area (TPSA) is 74.3 Å². The quantitative estimate of drug-likeness (QED) is 0.482. The Morgan fingerprint density at radius 3 is 2.48 bits per heavy atom. The standard InChI is InChI=1S/C25H24Cl2N4O2/c26-18-6-8-20(22(27)13-18)25(33)30-19-7-9-23(31-11-2-1-3-12-31)21(14-19)24(32)29-16-17-5-4-10-28-15-17/h4-10,13-15H,1-3,11-12,16H2,(H,29,32)(H,30,33). The molecule has 170 valence electrons.